The molecule has 0 radical (unpaired) electrons. The molecule has 0 amide bonds. The normalized spacial score (nSPS) is 30.6. The van der Waals surface area contributed by atoms with Crippen LogP contribution in [0.2, 0.25) is 0 Å². The van der Waals surface area contributed by atoms with Crippen molar-refractivity contribution in [3.8, 4) is 0 Å². The molecular formula is C10H16O2. The summed E-state index contributed by atoms with van der Waals surface area (Å²) < 4.78 is 0. The van der Waals surface area contributed by atoms with E-state index in [-0.39, 0.29) is 0 Å². The quantitative estimate of drug-likeness (QED) is 0.581. The third kappa shape index (κ3) is 1.45. The number of hydrogen-bond acceptors (Lipinski definition) is 2. The molecule has 0 aliphatic heterocycles. The van der Waals surface area contributed by atoms with Gasteiger partial charge in [0.1, 0.15) is 0 Å². The molecule has 1 aliphatic carbocycles. The van der Waals surface area contributed by atoms with E-state index in [1.54, 1.807) is 6.08 Å². The Balaban J connectivity index is 2.96. The van der Waals surface area contributed by atoms with Crippen LogP contribution in [-0.2, 0) is 0 Å². The van der Waals surface area contributed by atoms with Crippen molar-refractivity contribution in [1.29, 1.82) is 0 Å². The Morgan fingerprint density at radius 2 is 1.83 bits per heavy atom. The van der Waals surface area contributed by atoms with Gasteiger partial charge in [-0.05, 0) is 43.1 Å². The Morgan fingerprint density at radius 1 is 1.25 bits per heavy atom. The standard InChI is InChI=1S/C10H16O2/c1-4-8-5-9(11)6(2)7(3)10(8)12/h5,9-12H,4H2,1-3H3. The summed E-state index contributed by atoms with van der Waals surface area (Å²) >= 11 is 0. The number of aliphatic hydroxyl groups excluding tert-OH is 2. The molecule has 0 saturated carbocycles. The van der Waals surface area contributed by atoms with Crippen LogP contribution in [0.25, 0.3) is 0 Å². The van der Waals surface area contributed by atoms with E-state index in [1.165, 1.54) is 0 Å². The molecule has 0 bridgehead atoms. The molecular weight excluding hydrogens is 152 g/mol. The third-order valence-corrected chi connectivity index (χ3v) is 2.61. The van der Waals surface area contributed by atoms with Gasteiger partial charge in [-0.2, -0.15) is 0 Å². The third-order valence-electron chi connectivity index (χ3n) is 2.61. The van der Waals surface area contributed by atoms with Crippen molar-refractivity contribution < 1.29 is 10.2 Å². The Hall–Kier alpha value is -0.600. The zero-order chi connectivity index (χ0) is 9.30. The topological polar surface area (TPSA) is 40.5 Å². The fraction of sp³-hybridized carbons (Fsp3) is 0.600. The summed E-state index contributed by atoms with van der Waals surface area (Å²) in [5.41, 5.74) is 2.69. The summed E-state index contributed by atoms with van der Waals surface area (Å²) in [5.74, 6) is 0. The predicted molar refractivity (Wildman–Crippen MR) is 48.8 cm³/mol. The first kappa shape index (κ1) is 9.49. The summed E-state index contributed by atoms with van der Waals surface area (Å²) in [6.07, 6.45) is 1.57. The minimum atomic E-state index is -0.497. The molecule has 2 atom stereocenters. The minimum absolute atomic E-state index is 0.474. The maximum atomic E-state index is 9.69. The lowest BCUT2D eigenvalue weighted by atomic mass is 9.88. The van der Waals surface area contributed by atoms with Crippen LogP contribution in [0.5, 0.6) is 0 Å². The number of rotatable bonds is 1. The molecule has 0 saturated heterocycles. The number of hydrogen-bond donors (Lipinski definition) is 2. The number of aliphatic hydroxyl groups is 2. The van der Waals surface area contributed by atoms with Crippen LogP contribution in [0, 0.1) is 0 Å². The molecule has 0 aromatic heterocycles. The highest BCUT2D eigenvalue weighted by molar-refractivity contribution is 5.35. The van der Waals surface area contributed by atoms with Crippen LogP contribution in [-0.4, -0.2) is 22.4 Å². The van der Waals surface area contributed by atoms with E-state index < -0.39 is 12.2 Å². The molecule has 2 heteroatoms. The Morgan fingerprint density at radius 3 is 2.33 bits per heavy atom. The Labute approximate surface area is 73.2 Å². The summed E-state index contributed by atoms with van der Waals surface area (Å²) in [6, 6.07) is 0. The highest BCUT2D eigenvalue weighted by atomic mass is 16.3. The highest BCUT2D eigenvalue weighted by Crippen LogP contribution is 2.26. The second kappa shape index (κ2) is 3.42. The first-order valence-corrected chi connectivity index (χ1v) is 4.32. The van der Waals surface area contributed by atoms with Gasteiger partial charge in [0.2, 0.25) is 0 Å². The fourth-order valence-electron chi connectivity index (χ4n) is 1.46. The van der Waals surface area contributed by atoms with Crippen LogP contribution in [0.15, 0.2) is 22.8 Å². The molecule has 2 nitrogen and oxygen atoms in total. The lowest BCUT2D eigenvalue weighted by Gasteiger charge is -2.25. The minimum Gasteiger partial charge on any atom is -0.385 e. The van der Waals surface area contributed by atoms with Gasteiger partial charge >= 0.3 is 0 Å². The average Bonchev–Trinajstić information content (AvgIpc) is 2.08. The first-order valence-electron chi connectivity index (χ1n) is 4.32. The second-order valence-electron chi connectivity index (χ2n) is 3.31. The SMILES string of the molecule is CCC1=CC(O)C(C)=C(C)C1O. The van der Waals surface area contributed by atoms with E-state index in [2.05, 4.69) is 0 Å². The van der Waals surface area contributed by atoms with Gasteiger partial charge in [0, 0.05) is 0 Å². The monoisotopic (exact) mass is 168 g/mol. The molecule has 1 aliphatic rings. The van der Waals surface area contributed by atoms with Gasteiger partial charge in [0.25, 0.3) is 0 Å². The lowest BCUT2D eigenvalue weighted by Crippen LogP contribution is -2.23. The summed E-state index contributed by atoms with van der Waals surface area (Å²) in [4.78, 5) is 0. The van der Waals surface area contributed by atoms with Gasteiger partial charge < -0.3 is 10.2 Å². The lowest BCUT2D eigenvalue weighted by molar-refractivity contribution is 0.209. The predicted octanol–water partition coefficient (Wildman–Crippen LogP) is 1.39. The molecule has 1 rings (SSSR count). The Bertz CT molecular complexity index is 238. The van der Waals surface area contributed by atoms with Crippen LogP contribution in [0.3, 0.4) is 0 Å². The maximum Gasteiger partial charge on any atom is 0.0962 e. The Kier molecular flexibility index (Phi) is 2.70. The van der Waals surface area contributed by atoms with Gasteiger partial charge in [-0.15, -0.1) is 0 Å². The highest BCUT2D eigenvalue weighted by Gasteiger charge is 2.22. The van der Waals surface area contributed by atoms with Crippen molar-refractivity contribution in [2.45, 2.75) is 39.4 Å². The average molecular weight is 168 g/mol. The molecule has 0 aromatic rings. The van der Waals surface area contributed by atoms with Crippen molar-refractivity contribution in [2.24, 2.45) is 0 Å². The molecule has 0 spiro atoms. The molecule has 0 aromatic carbocycles. The van der Waals surface area contributed by atoms with Crippen LogP contribution in [0.4, 0.5) is 0 Å². The van der Waals surface area contributed by atoms with E-state index in [0.717, 1.165) is 23.1 Å². The van der Waals surface area contributed by atoms with Gasteiger partial charge in [-0.25, -0.2) is 0 Å². The van der Waals surface area contributed by atoms with E-state index in [1.807, 2.05) is 20.8 Å². The van der Waals surface area contributed by atoms with E-state index in [9.17, 15) is 10.2 Å². The largest absolute Gasteiger partial charge is 0.385 e. The van der Waals surface area contributed by atoms with Gasteiger partial charge in [0.15, 0.2) is 0 Å². The summed E-state index contributed by atoms with van der Waals surface area (Å²) in [7, 11) is 0. The van der Waals surface area contributed by atoms with Crippen molar-refractivity contribution in [3.05, 3.63) is 22.8 Å². The van der Waals surface area contributed by atoms with Crippen molar-refractivity contribution in [2.75, 3.05) is 0 Å². The van der Waals surface area contributed by atoms with Crippen molar-refractivity contribution in [1.82, 2.24) is 0 Å². The van der Waals surface area contributed by atoms with Gasteiger partial charge in [-0.3, -0.25) is 0 Å². The maximum absolute atomic E-state index is 9.69. The van der Waals surface area contributed by atoms with Crippen molar-refractivity contribution >= 4 is 0 Å². The summed E-state index contributed by atoms with van der Waals surface area (Å²) in [6.45, 7) is 5.70. The molecule has 0 fully saturated rings. The van der Waals surface area contributed by atoms with Gasteiger partial charge in [0.05, 0.1) is 12.2 Å². The van der Waals surface area contributed by atoms with E-state index in [4.69, 9.17) is 0 Å². The zero-order valence-electron chi connectivity index (χ0n) is 7.83. The molecule has 68 valence electrons. The van der Waals surface area contributed by atoms with E-state index in [0.29, 0.717) is 0 Å². The molecule has 2 unspecified atom stereocenters. The molecule has 12 heavy (non-hydrogen) atoms. The smallest absolute Gasteiger partial charge is 0.0962 e. The fourth-order valence-corrected chi connectivity index (χ4v) is 1.46. The van der Waals surface area contributed by atoms with E-state index >= 15 is 0 Å². The first-order chi connectivity index (χ1) is 5.57. The van der Waals surface area contributed by atoms with Crippen LogP contribution >= 0.6 is 0 Å². The van der Waals surface area contributed by atoms with Gasteiger partial charge in [-0.1, -0.05) is 6.92 Å². The summed E-state index contributed by atoms with van der Waals surface area (Å²) in [5, 5.41) is 19.2. The van der Waals surface area contributed by atoms with Crippen LogP contribution < -0.4 is 0 Å². The van der Waals surface area contributed by atoms with Crippen molar-refractivity contribution in [3.63, 3.8) is 0 Å². The van der Waals surface area contributed by atoms with Crippen LogP contribution in [0.1, 0.15) is 27.2 Å². The zero-order valence-corrected chi connectivity index (χ0v) is 7.83. The molecule has 0 heterocycles. The second-order valence-corrected chi connectivity index (χ2v) is 3.31. The molecule has 2 N–H and O–H groups in total.